The molecule has 0 bridgehead atoms. The molecule has 0 aromatic heterocycles. The number of ether oxygens (including phenoxy) is 1. The van der Waals surface area contributed by atoms with E-state index in [0.29, 0.717) is 12.5 Å². The van der Waals surface area contributed by atoms with Crippen molar-refractivity contribution in [2.24, 2.45) is 5.92 Å². The van der Waals surface area contributed by atoms with E-state index in [1.807, 2.05) is 0 Å². The van der Waals surface area contributed by atoms with E-state index in [1.54, 1.807) is 6.92 Å². The van der Waals surface area contributed by atoms with E-state index >= 15 is 0 Å². The summed E-state index contributed by atoms with van der Waals surface area (Å²) in [5.41, 5.74) is 0. The minimum atomic E-state index is -0.188. The quantitative estimate of drug-likeness (QED) is 0.435. The molecule has 0 radical (unpaired) electrons. The normalized spacial score (nSPS) is 24.0. The van der Waals surface area contributed by atoms with Crippen LogP contribution in [0.25, 0.3) is 0 Å². The van der Waals surface area contributed by atoms with Gasteiger partial charge in [0.2, 0.25) is 0 Å². The van der Waals surface area contributed by atoms with Crippen LogP contribution in [0.1, 0.15) is 26.2 Å². The van der Waals surface area contributed by atoms with Crippen LogP contribution in [0.4, 0.5) is 0 Å². The highest BCUT2D eigenvalue weighted by atomic mass is 79.9. The second-order valence-corrected chi connectivity index (χ2v) is 4.77. The molecule has 0 aromatic rings. The number of hydrogen-bond acceptors (Lipinski definition) is 2. The monoisotopic (exact) mass is 246 g/mol. The van der Waals surface area contributed by atoms with Crippen molar-refractivity contribution in [2.75, 3.05) is 6.61 Å². The molecule has 1 rings (SSSR count). The largest absolute Gasteiger partial charge is 0.465 e. The fourth-order valence-corrected chi connectivity index (χ4v) is 1.45. The Bertz CT molecular complexity index is 199. The third kappa shape index (κ3) is 3.94. The lowest BCUT2D eigenvalue weighted by Crippen LogP contribution is -2.19. The summed E-state index contributed by atoms with van der Waals surface area (Å²) in [7, 11) is 0. The first-order chi connectivity index (χ1) is 6.20. The molecule has 2 atom stereocenters. The highest BCUT2D eigenvalue weighted by Gasteiger charge is 2.15. The summed E-state index contributed by atoms with van der Waals surface area (Å²) in [6.45, 7) is 2.35. The van der Waals surface area contributed by atoms with Crippen LogP contribution >= 0.6 is 15.9 Å². The lowest BCUT2D eigenvalue weighted by atomic mass is 9.95. The smallest absolute Gasteiger partial charge is 0.319 e. The maximum absolute atomic E-state index is 11.1. The van der Waals surface area contributed by atoms with E-state index in [-0.39, 0.29) is 10.8 Å². The Labute approximate surface area is 87.5 Å². The Hall–Kier alpha value is -0.310. The van der Waals surface area contributed by atoms with Crippen molar-refractivity contribution in [3.05, 3.63) is 12.2 Å². The number of carbonyl (C=O) groups excluding carboxylic acids is 1. The number of rotatable bonds is 3. The van der Waals surface area contributed by atoms with Gasteiger partial charge < -0.3 is 4.74 Å². The highest BCUT2D eigenvalue weighted by molar-refractivity contribution is 9.10. The zero-order valence-electron chi connectivity index (χ0n) is 7.83. The molecule has 0 amide bonds. The summed E-state index contributed by atoms with van der Waals surface area (Å²) in [4.78, 5) is 10.9. The van der Waals surface area contributed by atoms with Crippen molar-refractivity contribution < 1.29 is 9.53 Å². The van der Waals surface area contributed by atoms with Crippen LogP contribution in [0, 0.1) is 5.92 Å². The first-order valence-electron chi connectivity index (χ1n) is 4.66. The summed E-state index contributed by atoms with van der Waals surface area (Å²) >= 11 is 3.18. The SMILES string of the molecule is C[C@H](Br)C(=O)OC[C@@H]1CC=CCC1. The zero-order valence-corrected chi connectivity index (χ0v) is 9.42. The van der Waals surface area contributed by atoms with Gasteiger partial charge in [0.05, 0.1) is 6.61 Å². The van der Waals surface area contributed by atoms with Crippen LogP contribution in [-0.4, -0.2) is 17.4 Å². The van der Waals surface area contributed by atoms with Gasteiger partial charge in [0.1, 0.15) is 4.83 Å². The van der Waals surface area contributed by atoms with Crippen LogP contribution in [0.5, 0.6) is 0 Å². The second-order valence-electron chi connectivity index (χ2n) is 3.40. The van der Waals surface area contributed by atoms with Gasteiger partial charge in [-0.2, -0.15) is 0 Å². The standard InChI is InChI=1S/C10H15BrO2/c1-8(11)10(12)13-7-9-5-3-2-4-6-9/h2-3,8-9H,4-7H2,1H3/t8-,9+/m0/s1. The number of esters is 1. The van der Waals surface area contributed by atoms with Crippen molar-refractivity contribution in [1.82, 2.24) is 0 Å². The first kappa shape index (κ1) is 10.8. The Balaban J connectivity index is 2.18. The van der Waals surface area contributed by atoms with Crippen molar-refractivity contribution in [1.29, 1.82) is 0 Å². The Morgan fingerprint density at radius 3 is 3.00 bits per heavy atom. The van der Waals surface area contributed by atoms with Crippen molar-refractivity contribution in [2.45, 2.75) is 31.0 Å². The summed E-state index contributed by atoms with van der Waals surface area (Å²) in [5, 5.41) is 0. The van der Waals surface area contributed by atoms with E-state index in [9.17, 15) is 4.79 Å². The topological polar surface area (TPSA) is 26.3 Å². The molecule has 0 fully saturated rings. The average molecular weight is 247 g/mol. The van der Waals surface area contributed by atoms with E-state index in [2.05, 4.69) is 28.1 Å². The molecule has 0 saturated carbocycles. The molecule has 2 nitrogen and oxygen atoms in total. The van der Waals surface area contributed by atoms with Gasteiger partial charge in [-0.05, 0) is 32.1 Å². The molecular formula is C10H15BrO2. The first-order valence-corrected chi connectivity index (χ1v) is 5.57. The number of allylic oxidation sites excluding steroid dienone is 2. The third-order valence-corrected chi connectivity index (χ3v) is 2.54. The predicted molar refractivity (Wildman–Crippen MR) is 55.8 cm³/mol. The van der Waals surface area contributed by atoms with Gasteiger partial charge in [0.25, 0.3) is 0 Å². The van der Waals surface area contributed by atoms with Crippen LogP contribution in [0.2, 0.25) is 0 Å². The van der Waals surface area contributed by atoms with Crippen LogP contribution in [0.15, 0.2) is 12.2 Å². The summed E-state index contributed by atoms with van der Waals surface area (Å²) in [5.74, 6) is 0.370. The molecule has 0 heterocycles. The lowest BCUT2D eigenvalue weighted by Gasteiger charge is -2.17. The van der Waals surface area contributed by atoms with Gasteiger partial charge in [0, 0.05) is 0 Å². The van der Waals surface area contributed by atoms with Gasteiger partial charge in [-0.3, -0.25) is 4.79 Å². The van der Waals surface area contributed by atoms with Gasteiger partial charge in [0.15, 0.2) is 0 Å². The number of halogens is 1. The molecule has 3 heteroatoms. The molecule has 0 spiro atoms. The second kappa shape index (κ2) is 5.43. The maximum Gasteiger partial charge on any atom is 0.319 e. The number of hydrogen-bond donors (Lipinski definition) is 0. The predicted octanol–water partition coefficient (Wildman–Crippen LogP) is 2.67. The van der Waals surface area contributed by atoms with E-state index < -0.39 is 0 Å². The van der Waals surface area contributed by atoms with Crippen LogP contribution < -0.4 is 0 Å². The third-order valence-electron chi connectivity index (χ3n) is 2.16. The molecule has 74 valence electrons. The fourth-order valence-electron chi connectivity index (χ4n) is 1.32. The number of carbonyl (C=O) groups is 1. The lowest BCUT2D eigenvalue weighted by molar-refractivity contribution is -0.143. The summed E-state index contributed by atoms with van der Waals surface area (Å²) in [6.07, 6.45) is 7.65. The van der Waals surface area contributed by atoms with E-state index in [1.165, 1.54) is 0 Å². The molecule has 0 aliphatic heterocycles. The molecule has 0 aromatic carbocycles. The van der Waals surface area contributed by atoms with Gasteiger partial charge in [-0.25, -0.2) is 0 Å². The highest BCUT2D eigenvalue weighted by Crippen LogP contribution is 2.18. The minimum absolute atomic E-state index is 0.158. The maximum atomic E-state index is 11.1. The van der Waals surface area contributed by atoms with Crippen LogP contribution in [-0.2, 0) is 9.53 Å². The number of alkyl halides is 1. The molecule has 0 unspecified atom stereocenters. The van der Waals surface area contributed by atoms with Crippen molar-refractivity contribution in [3.8, 4) is 0 Å². The Kier molecular flexibility index (Phi) is 4.50. The average Bonchev–Trinajstić information content (AvgIpc) is 2.15. The molecular weight excluding hydrogens is 232 g/mol. The Morgan fingerprint density at radius 2 is 2.46 bits per heavy atom. The van der Waals surface area contributed by atoms with E-state index in [0.717, 1.165) is 19.3 Å². The minimum Gasteiger partial charge on any atom is -0.465 e. The summed E-state index contributed by atoms with van der Waals surface area (Å²) < 4.78 is 5.12. The van der Waals surface area contributed by atoms with E-state index in [4.69, 9.17) is 4.74 Å². The molecule has 0 saturated heterocycles. The molecule has 1 aliphatic rings. The fraction of sp³-hybridized carbons (Fsp3) is 0.700. The van der Waals surface area contributed by atoms with Crippen molar-refractivity contribution in [3.63, 3.8) is 0 Å². The van der Waals surface area contributed by atoms with Gasteiger partial charge in [-0.15, -0.1) is 0 Å². The molecule has 13 heavy (non-hydrogen) atoms. The van der Waals surface area contributed by atoms with Gasteiger partial charge >= 0.3 is 5.97 Å². The summed E-state index contributed by atoms with van der Waals surface area (Å²) in [6, 6.07) is 0. The zero-order chi connectivity index (χ0) is 9.68. The van der Waals surface area contributed by atoms with Crippen molar-refractivity contribution >= 4 is 21.9 Å². The Morgan fingerprint density at radius 1 is 1.69 bits per heavy atom. The molecule has 0 N–H and O–H groups in total. The van der Waals surface area contributed by atoms with Gasteiger partial charge in [-0.1, -0.05) is 28.1 Å². The van der Waals surface area contributed by atoms with Crippen LogP contribution in [0.3, 0.4) is 0 Å². The molecule has 1 aliphatic carbocycles.